The first-order valence-corrected chi connectivity index (χ1v) is 6.85. The van der Waals surface area contributed by atoms with Crippen LogP contribution in [-0.2, 0) is 4.79 Å². The number of carboxylic acids is 1. The molecule has 3 unspecified atom stereocenters. The second-order valence-electron chi connectivity index (χ2n) is 5.78. The lowest BCUT2D eigenvalue weighted by Crippen LogP contribution is -2.23. The van der Waals surface area contributed by atoms with Gasteiger partial charge in [-0.3, -0.25) is 4.79 Å². The van der Waals surface area contributed by atoms with Gasteiger partial charge >= 0.3 is 5.97 Å². The highest BCUT2D eigenvalue weighted by Gasteiger charge is 2.48. The van der Waals surface area contributed by atoms with Gasteiger partial charge in [-0.15, -0.1) is 0 Å². The van der Waals surface area contributed by atoms with E-state index in [1.165, 1.54) is 27.8 Å². The molecule has 3 atom stereocenters. The van der Waals surface area contributed by atoms with Crippen LogP contribution in [0.3, 0.4) is 0 Å². The van der Waals surface area contributed by atoms with Crippen LogP contribution in [0, 0.1) is 39.5 Å². The van der Waals surface area contributed by atoms with Crippen LogP contribution in [0.15, 0.2) is 6.07 Å². The third kappa shape index (κ3) is 2.39. The summed E-state index contributed by atoms with van der Waals surface area (Å²) < 4.78 is 0. The normalized spacial score (nSPS) is 23.2. The van der Waals surface area contributed by atoms with E-state index in [9.17, 15) is 4.79 Å². The van der Waals surface area contributed by atoms with Crippen LogP contribution in [0.4, 0.5) is 0 Å². The molecule has 0 heterocycles. The van der Waals surface area contributed by atoms with Crippen LogP contribution >= 0.6 is 0 Å². The minimum absolute atomic E-state index is 0.152. The van der Waals surface area contributed by atoms with Gasteiger partial charge in [0.1, 0.15) is 0 Å². The Balaban J connectivity index is 2.42. The van der Waals surface area contributed by atoms with E-state index in [0.717, 1.165) is 6.42 Å². The summed E-state index contributed by atoms with van der Waals surface area (Å²) in [6, 6.07) is 2.36. The number of hydrogen-bond donors (Lipinski definition) is 2. The molecule has 2 N–H and O–H groups in total. The van der Waals surface area contributed by atoms with Gasteiger partial charge in [0.15, 0.2) is 0 Å². The van der Waals surface area contributed by atoms with Crippen LogP contribution in [0.2, 0.25) is 0 Å². The molecular weight excluding hydrogens is 238 g/mol. The van der Waals surface area contributed by atoms with E-state index < -0.39 is 5.97 Å². The molecule has 19 heavy (non-hydrogen) atoms. The number of benzene rings is 1. The minimum atomic E-state index is -0.662. The third-order valence-corrected chi connectivity index (χ3v) is 4.63. The number of carbonyl (C=O) groups is 1. The Hall–Kier alpha value is -1.35. The maximum Gasteiger partial charge on any atom is 0.306 e. The molecular formula is C16H23NO2. The first-order valence-electron chi connectivity index (χ1n) is 6.85. The van der Waals surface area contributed by atoms with Crippen molar-refractivity contribution in [1.82, 2.24) is 5.32 Å². The first kappa shape index (κ1) is 14.1. The molecule has 3 nitrogen and oxygen atoms in total. The Morgan fingerprint density at radius 3 is 2.16 bits per heavy atom. The van der Waals surface area contributed by atoms with Gasteiger partial charge in [0.05, 0.1) is 5.92 Å². The van der Waals surface area contributed by atoms with Crippen molar-refractivity contribution in [2.45, 2.75) is 40.2 Å². The molecule has 1 aromatic rings. The number of aliphatic carboxylic acids is 1. The number of nitrogens with one attached hydrogen (secondary N) is 1. The van der Waals surface area contributed by atoms with Crippen molar-refractivity contribution < 1.29 is 9.90 Å². The summed E-state index contributed by atoms with van der Waals surface area (Å²) in [5, 5.41) is 12.5. The van der Waals surface area contributed by atoms with E-state index >= 15 is 0 Å². The molecule has 2 rings (SSSR count). The van der Waals surface area contributed by atoms with Crippen LogP contribution in [0.25, 0.3) is 0 Å². The summed E-state index contributed by atoms with van der Waals surface area (Å²) >= 11 is 0. The Bertz CT molecular complexity index is 496. The zero-order valence-corrected chi connectivity index (χ0v) is 12.4. The largest absolute Gasteiger partial charge is 0.481 e. The van der Waals surface area contributed by atoms with E-state index in [1.54, 1.807) is 0 Å². The summed E-state index contributed by atoms with van der Waals surface area (Å²) in [4.78, 5) is 11.1. The van der Waals surface area contributed by atoms with Gasteiger partial charge in [-0.2, -0.15) is 0 Å². The molecule has 0 aromatic heterocycles. The summed E-state index contributed by atoms with van der Waals surface area (Å²) in [6.45, 7) is 8.53. The summed E-state index contributed by atoms with van der Waals surface area (Å²) in [5.41, 5.74) is 6.45. The average Bonchev–Trinajstić information content (AvgIpc) is 3.12. The standard InChI is InChI=1S/C16H23NO2/c1-8-6-9(2)11(4)14(10(8)3)15(17-5)12-7-13(12)16(18)19/h6,12-13,15,17H,7H2,1-5H3,(H,18,19). The number of aryl methyl sites for hydroxylation is 2. The van der Waals surface area contributed by atoms with Crippen LogP contribution in [-0.4, -0.2) is 18.1 Å². The number of hydrogen-bond acceptors (Lipinski definition) is 2. The lowest BCUT2D eigenvalue weighted by Gasteiger charge is -2.24. The van der Waals surface area contributed by atoms with Gasteiger partial charge in [-0.05, 0) is 74.9 Å². The van der Waals surface area contributed by atoms with Crippen molar-refractivity contribution in [2.24, 2.45) is 11.8 Å². The molecule has 0 amide bonds. The molecule has 0 saturated heterocycles. The van der Waals surface area contributed by atoms with Crippen molar-refractivity contribution in [2.75, 3.05) is 7.05 Å². The predicted octanol–water partition coefficient (Wildman–Crippen LogP) is 2.90. The monoisotopic (exact) mass is 261 g/mol. The van der Waals surface area contributed by atoms with Crippen LogP contribution in [0.1, 0.15) is 40.3 Å². The summed E-state index contributed by atoms with van der Waals surface area (Å²) in [6.07, 6.45) is 0.784. The Morgan fingerprint density at radius 1 is 1.26 bits per heavy atom. The predicted molar refractivity (Wildman–Crippen MR) is 76.4 cm³/mol. The average molecular weight is 261 g/mol. The highest BCUT2D eigenvalue weighted by Crippen LogP contribution is 2.49. The summed E-state index contributed by atoms with van der Waals surface area (Å²) in [5.74, 6) is -0.622. The maximum absolute atomic E-state index is 11.1. The van der Waals surface area contributed by atoms with E-state index in [-0.39, 0.29) is 17.9 Å². The molecule has 1 aromatic carbocycles. The molecule has 0 bridgehead atoms. The minimum Gasteiger partial charge on any atom is -0.481 e. The molecule has 0 aliphatic heterocycles. The van der Waals surface area contributed by atoms with Gasteiger partial charge < -0.3 is 10.4 Å². The maximum atomic E-state index is 11.1. The van der Waals surface area contributed by atoms with Gasteiger partial charge in [-0.25, -0.2) is 0 Å². The molecule has 1 aliphatic carbocycles. The van der Waals surface area contributed by atoms with Crippen molar-refractivity contribution in [3.63, 3.8) is 0 Å². The quantitative estimate of drug-likeness (QED) is 0.876. The van der Waals surface area contributed by atoms with E-state index in [0.29, 0.717) is 0 Å². The van der Waals surface area contributed by atoms with E-state index in [1.807, 2.05) is 7.05 Å². The molecule has 3 heteroatoms. The number of carboxylic acid groups (broad SMARTS) is 1. The Kier molecular flexibility index (Phi) is 3.68. The molecule has 0 spiro atoms. The number of rotatable bonds is 4. The molecule has 104 valence electrons. The van der Waals surface area contributed by atoms with Crippen molar-refractivity contribution >= 4 is 5.97 Å². The molecule has 1 aliphatic rings. The fraction of sp³-hybridized carbons (Fsp3) is 0.562. The Labute approximate surface area is 115 Å². The first-order chi connectivity index (χ1) is 8.88. The van der Waals surface area contributed by atoms with Gasteiger partial charge in [0, 0.05) is 6.04 Å². The fourth-order valence-corrected chi connectivity index (χ4v) is 3.15. The van der Waals surface area contributed by atoms with Crippen molar-refractivity contribution in [3.05, 3.63) is 33.9 Å². The van der Waals surface area contributed by atoms with Gasteiger partial charge in [-0.1, -0.05) is 6.07 Å². The molecule has 1 fully saturated rings. The SMILES string of the molecule is CNC(c1c(C)c(C)cc(C)c1C)C1CC1C(=O)O. The molecule has 1 saturated carbocycles. The second kappa shape index (κ2) is 4.97. The zero-order chi connectivity index (χ0) is 14.3. The highest BCUT2D eigenvalue weighted by molar-refractivity contribution is 5.73. The third-order valence-electron chi connectivity index (χ3n) is 4.63. The lowest BCUT2D eigenvalue weighted by molar-refractivity contribution is -0.138. The van der Waals surface area contributed by atoms with Gasteiger partial charge in [0.25, 0.3) is 0 Å². The lowest BCUT2D eigenvalue weighted by atomic mass is 9.87. The van der Waals surface area contributed by atoms with Crippen molar-refractivity contribution in [3.8, 4) is 0 Å². The summed E-state index contributed by atoms with van der Waals surface area (Å²) in [7, 11) is 1.93. The van der Waals surface area contributed by atoms with E-state index in [2.05, 4.69) is 39.1 Å². The highest BCUT2D eigenvalue weighted by atomic mass is 16.4. The van der Waals surface area contributed by atoms with Crippen LogP contribution in [0.5, 0.6) is 0 Å². The van der Waals surface area contributed by atoms with Gasteiger partial charge in [0.2, 0.25) is 0 Å². The second-order valence-corrected chi connectivity index (χ2v) is 5.78. The smallest absolute Gasteiger partial charge is 0.306 e. The fourth-order valence-electron chi connectivity index (χ4n) is 3.15. The van der Waals surface area contributed by atoms with E-state index in [4.69, 9.17) is 5.11 Å². The van der Waals surface area contributed by atoms with Crippen LogP contribution < -0.4 is 5.32 Å². The zero-order valence-electron chi connectivity index (χ0n) is 12.4. The van der Waals surface area contributed by atoms with Crippen molar-refractivity contribution in [1.29, 1.82) is 0 Å². The topological polar surface area (TPSA) is 49.3 Å². The Morgan fingerprint density at radius 2 is 1.79 bits per heavy atom. The molecule has 0 radical (unpaired) electrons.